The van der Waals surface area contributed by atoms with E-state index in [0.717, 1.165) is 21.3 Å². The van der Waals surface area contributed by atoms with Gasteiger partial charge in [-0.25, -0.2) is 9.18 Å². The Kier molecular flexibility index (Phi) is 15.2. The predicted molar refractivity (Wildman–Crippen MR) is 204 cm³/mol. The number of nitrogens with zero attached hydrogens (tertiary/aromatic N) is 1. The lowest BCUT2D eigenvalue weighted by Gasteiger charge is -2.43. The van der Waals surface area contributed by atoms with E-state index in [2.05, 4.69) is 4.98 Å². The molecule has 0 unspecified atom stereocenters. The number of alkyl halides is 1. The third kappa shape index (κ3) is 9.34. The van der Waals surface area contributed by atoms with Gasteiger partial charge in [0.25, 0.3) is 5.56 Å². The van der Waals surface area contributed by atoms with Crippen molar-refractivity contribution in [2.45, 2.75) is 75.8 Å². The molecule has 0 bridgehead atoms. The first kappa shape index (κ1) is 41.6. The van der Waals surface area contributed by atoms with Crippen LogP contribution in [0.25, 0.3) is 0 Å². The Hall–Kier alpha value is -4.11. The van der Waals surface area contributed by atoms with Crippen molar-refractivity contribution >= 4 is 8.32 Å². The minimum absolute atomic E-state index is 0.222. The maximum absolute atomic E-state index is 13.9. The molecule has 53 heavy (non-hydrogen) atoms. The lowest BCUT2D eigenvalue weighted by atomic mass is 9.80. The molecule has 4 rings (SSSR count). The van der Waals surface area contributed by atoms with Gasteiger partial charge in [-0.2, -0.15) is 0 Å². The summed E-state index contributed by atoms with van der Waals surface area (Å²) in [7, 11) is 0.608. The second kappa shape index (κ2) is 19.3. The number of hydrogen-bond donors (Lipinski definition) is 3. The maximum Gasteiger partial charge on any atom is 0.328 e. The Morgan fingerprint density at radius 1 is 0.830 bits per heavy atom. The number of H-pyrrole nitrogens is 1. The van der Waals surface area contributed by atoms with Crippen molar-refractivity contribution in [1.29, 1.82) is 0 Å². The highest BCUT2D eigenvalue weighted by molar-refractivity contribution is 6.73. The molecule has 0 aliphatic rings. The molecular weight excluding hydrogens is 700 g/mol. The predicted octanol–water partition coefficient (Wildman–Crippen LogP) is 5.51. The van der Waals surface area contributed by atoms with Crippen molar-refractivity contribution in [3.63, 3.8) is 0 Å². The average Bonchev–Trinajstić information content (AvgIpc) is 3.20. The summed E-state index contributed by atoms with van der Waals surface area (Å²) < 4.78 is 46.0. The smallest absolute Gasteiger partial charge is 0.328 e. The molecule has 0 saturated carbocycles. The molecule has 3 aromatic carbocycles. The van der Waals surface area contributed by atoms with E-state index in [9.17, 15) is 24.2 Å². The van der Waals surface area contributed by atoms with E-state index in [0.29, 0.717) is 29.6 Å². The molecule has 0 aliphatic carbocycles. The van der Waals surface area contributed by atoms with Crippen LogP contribution in [0, 0.1) is 6.92 Å². The third-order valence-electron chi connectivity index (χ3n) is 10.1. The van der Waals surface area contributed by atoms with Crippen LogP contribution in [0.2, 0.25) is 18.1 Å². The summed E-state index contributed by atoms with van der Waals surface area (Å²) in [5.74, 6) is 1.30. The summed E-state index contributed by atoms with van der Waals surface area (Å²) in [4.78, 5) is 27.7. The summed E-state index contributed by atoms with van der Waals surface area (Å²) in [5, 5.41) is 23.2. The van der Waals surface area contributed by atoms with Gasteiger partial charge in [-0.05, 0) is 66.0 Å². The second-order valence-electron chi connectivity index (χ2n) is 13.0. The molecule has 0 radical (unpaired) electrons. The van der Waals surface area contributed by atoms with Crippen molar-refractivity contribution in [1.82, 2.24) is 9.55 Å². The summed E-state index contributed by atoms with van der Waals surface area (Å²) >= 11 is 0. The summed E-state index contributed by atoms with van der Waals surface area (Å²) in [6.45, 7) is 5.42. The lowest BCUT2D eigenvalue weighted by Crippen LogP contribution is -2.56. The van der Waals surface area contributed by atoms with Gasteiger partial charge >= 0.3 is 5.69 Å². The molecule has 0 amide bonds. The zero-order chi connectivity index (χ0) is 38.6. The van der Waals surface area contributed by atoms with Crippen molar-refractivity contribution in [2.75, 3.05) is 40.7 Å². The van der Waals surface area contributed by atoms with Gasteiger partial charge in [0.1, 0.15) is 42.1 Å². The maximum atomic E-state index is 13.9. The van der Waals surface area contributed by atoms with Crippen molar-refractivity contribution in [3.8, 4) is 11.5 Å². The van der Waals surface area contributed by atoms with Crippen LogP contribution in [0.1, 0.15) is 49.1 Å². The topological polar surface area (TPSA) is 141 Å². The van der Waals surface area contributed by atoms with Gasteiger partial charge in [0, 0.05) is 11.8 Å². The molecule has 288 valence electrons. The van der Waals surface area contributed by atoms with Crippen LogP contribution in [0.15, 0.2) is 94.6 Å². The fourth-order valence-corrected chi connectivity index (χ4v) is 9.69. The molecule has 3 N–H and O–H groups in total. The zero-order valence-electron chi connectivity index (χ0n) is 31.4. The number of benzene rings is 3. The van der Waals surface area contributed by atoms with Gasteiger partial charge in [-0.3, -0.25) is 14.3 Å². The SMILES string of the molecule is CC[Si](CC)(CC)O[C@@H]([C@@H](OCCF)[C@@H](CO)n1cc(C)c(=O)[nH]c1=O)[C@H](O)COC(c1ccccc1)(c1ccc(OC)cc1)c1ccc(OC)cc1. The number of aliphatic hydroxyl groups is 2. The van der Waals surface area contributed by atoms with Crippen molar-refractivity contribution < 1.29 is 38.0 Å². The number of halogens is 1. The first-order valence-corrected chi connectivity index (χ1v) is 20.5. The van der Waals surface area contributed by atoms with E-state index in [1.807, 2.05) is 99.6 Å². The Balaban J connectivity index is 1.91. The molecular formula is C40H53FN2O9Si. The van der Waals surface area contributed by atoms with Crippen molar-refractivity contribution in [2.24, 2.45) is 0 Å². The van der Waals surface area contributed by atoms with E-state index in [4.69, 9.17) is 23.4 Å². The molecule has 0 fully saturated rings. The quantitative estimate of drug-likeness (QED) is 0.0743. The van der Waals surface area contributed by atoms with E-state index in [-0.39, 0.29) is 12.2 Å². The average molecular weight is 753 g/mol. The van der Waals surface area contributed by atoms with Gasteiger partial charge in [0.2, 0.25) is 0 Å². The molecule has 1 heterocycles. The van der Waals surface area contributed by atoms with Crippen LogP contribution >= 0.6 is 0 Å². The number of aromatic nitrogens is 2. The number of nitrogens with one attached hydrogen (secondary N) is 1. The number of aromatic amines is 1. The van der Waals surface area contributed by atoms with E-state index < -0.39 is 69.4 Å². The Morgan fingerprint density at radius 2 is 1.36 bits per heavy atom. The highest BCUT2D eigenvalue weighted by Gasteiger charge is 2.45. The van der Waals surface area contributed by atoms with E-state index in [1.54, 1.807) is 14.2 Å². The zero-order valence-corrected chi connectivity index (χ0v) is 32.4. The minimum atomic E-state index is -2.57. The number of rotatable bonds is 21. The number of aryl methyl sites for hydroxylation is 1. The van der Waals surface area contributed by atoms with Gasteiger partial charge in [-0.15, -0.1) is 0 Å². The first-order chi connectivity index (χ1) is 25.6. The first-order valence-electron chi connectivity index (χ1n) is 18.0. The highest BCUT2D eigenvalue weighted by atomic mass is 28.4. The highest BCUT2D eigenvalue weighted by Crippen LogP contribution is 2.42. The van der Waals surface area contributed by atoms with Gasteiger partial charge < -0.3 is 33.6 Å². The van der Waals surface area contributed by atoms with Gasteiger partial charge in [-0.1, -0.05) is 75.4 Å². The Morgan fingerprint density at radius 3 is 1.83 bits per heavy atom. The number of methoxy groups -OCH3 is 2. The number of hydrogen-bond acceptors (Lipinski definition) is 9. The third-order valence-corrected chi connectivity index (χ3v) is 14.8. The van der Waals surface area contributed by atoms with Crippen molar-refractivity contribution in [3.05, 3.63) is 128 Å². The summed E-state index contributed by atoms with van der Waals surface area (Å²) in [6.07, 6.45) is -2.51. The summed E-state index contributed by atoms with van der Waals surface area (Å²) in [6, 6.07) is 25.5. The Bertz CT molecular complexity index is 1760. The minimum Gasteiger partial charge on any atom is -0.497 e. The van der Waals surface area contributed by atoms with Gasteiger partial charge in [0.15, 0.2) is 8.32 Å². The van der Waals surface area contributed by atoms with Crippen LogP contribution in [-0.2, 0) is 19.5 Å². The van der Waals surface area contributed by atoms with Crippen LogP contribution in [0.3, 0.4) is 0 Å². The fraction of sp³-hybridized carbons (Fsp3) is 0.450. The van der Waals surface area contributed by atoms with Gasteiger partial charge in [0.05, 0.1) is 40.1 Å². The standard InChI is InChI=1S/C40H53FN2O9Si/c1-7-53(8-2,9-3)52-37(36(50-24-23-41)34(26-44)43-25-28(4)38(46)42-39(43)47)35(45)27-51-40(29-13-11-10-12-14-29,30-15-19-32(48-5)20-16-30)31-17-21-33(49-6)22-18-31/h10-22,25,34-37,44-45H,7-9,23-24,26-27H2,1-6H3,(H,42,46,47)/t34-,35-,36+,37-/m1/s1. The molecule has 4 atom stereocenters. The Labute approximate surface area is 311 Å². The number of ether oxygens (including phenoxy) is 4. The van der Waals surface area contributed by atoms with Crippen LogP contribution in [0.5, 0.6) is 11.5 Å². The molecule has 4 aromatic rings. The fourth-order valence-electron chi connectivity index (χ4n) is 6.82. The van der Waals surface area contributed by atoms with E-state index >= 15 is 0 Å². The van der Waals surface area contributed by atoms with Crippen LogP contribution in [-0.4, -0.2) is 87.1 Å². The number of aliphatic hydroxyl groups excluding tert-OH is 2. The lowest BCUT2D eigenvalue weighted by molar-refractivity contribution is -0.137. The molecule has 0 spiro atoms. The van der Waals surface area contributed by atoms with Crippen LogP contribution in [0.4, 0.5) is 4.39 Å². The molecule has 13 heteroatoms. The normalized spacial score (nSPS) is 14.4. The molecule has 0 aliphatic heterocycles. The molecule has 11 nitrogen and oxygen atoms in total. The molecule has 1 aromatic heterocycles. The summed E-state index contributed by atoms with van der Waals surface area (Å²) in [5.41, 5.74) is -0.162. The van der Waals surface area contributed by atoms with Crippen LogP contribution < -0.4 is 20.7 Å². The molecule has 0 saturated heterocycles. The monoisotopic (exact) mass is 752 g/mol. The van der Waals surface area contributed by atoms with E-state index in [1.165, 1.54) is 13.1 Å². The largest absolute Gasteiger partial charge is 0.497 e. The second-order valence-corrected chi connectivity index (χ2v) is 17.7.